The number of aliphatic imine (C=N–C) groups is 1. The highest BCUT2D eigenvalue weighted by Gasteiger charge is 2.13. The van der Waals surface area contributed by atoms with Crippen LogP contribution < -0.4 is 0 Å². The predicted octanol–water partition coefficient (Wildman–Crippen LogP) is 4.55. The first-order chi connectivity index (χ1) is 8.43. The van der Waals surface area contributed by atoms with E-state index in [4.69, 9.17) is 0 Å². The molecular formula is C15H15NS. The van der Waals surface area contributed by atoms with Crippen molar-refractivity contribution in [2.24, 2.45) is 4.99 Å². The smallest absolute Gasteiger partial charge is 0.0410 e. The number of fused-ring (bicyclic) bond motifs is 1. The SMILES string of the molecule is C1=NC=C(C2=CCCCC2)Sc2ccccc21. The molecule has 0 unspecified atom stereocenters. The zero-order valence-corrected chi connectivity index (χ0v) is 10.5. The Labute approximate surface area is 106 Å². The van der Waals surface area contributed by atoms with Gasteiger partial charge < -0.3 is 0 Å². The summed E-state index contributed by atoms with van der Waals surface area (Å²) in [6, 6.07) is 8.46. The van der Waals surface area contributed by atoms with Crippen LogP contribution in [0.25, 0.3) is 0 Å². The normalized spacial score (nSPS) is 19.1. The highest BCUT2D eigenvalue weighted by Crippen LogP contribution is 2.38. The molecule has 0 atom stereocenters. The highest BCUT2D eigenvalue weighted by atomic mass is 32.2. The van der Waals surface area contributed by atoms with Gasteiger partial charge in [-0.1, -0.05) is 36.0 Å². The maximum absolute atomic E-state index is 4.42. The Morgan fingerprint density at radius 3 is 2.94 bits per heavy atom. The number of thioether (sulfide) groups is 1. The Hall–Kier alpha value is -1.28. The van der Waals surface area contributed by atoms with Crippen LogP contribution in [-0.4, -0.2) is 6.21 Å². The molecule has 0 bridgehead atoms. The van der Waals surface area contributed by atoms with Crippen molar-refractivity contribution in [3.63, 3.8) is 0 Å². The monoisotopic (exact) mass is 241 g/mol. The predicted molar refractivity (Wildman–Crippen MR) is 74.5 cm³/mol. The molecule has 0 radical (unpaired) electrons. The van der Waals surface area contributed by atoms with Gasteiger partial charge in [-0.3, -0.25) is 4.99 Å². The van der Waals surface area contributed by atoms with Crippen LogP contribution in [0.1, 0.15) is 31.2 Å². The molecule has 1 aromatic carbocycles. The van der Waals surface area contributed by atoms with E-state index in [9.17, 15) is 0 Å². The van der Waals surface area contributed by atoms with Gasteiger partial charge in [-0.2, -0.15) is 0 Å². The van der Waals surface area contributed by atoms with Crippen LogP contribution >= 0.6 is 11.8 Å². The van der Waals surface area contributed by atoms with E-state index >= 15 is 0 Å². The first kappa shape index (κ1) is 10.8. The lowest BCUT2D eigenvalue weighted by atomic mass is 9.99. The molecule has 1 nitrogen and oxygen atoms in total. The minimum absolute atomic E-state index is 1.20. The summed E-state index contributed by atoms with van der Waals surface area (Å²) in [7, 11) is 0. The maximum atomic E-state index is 4.42. The minimum Gasteiger partial charge on any atom is -0.263 e. The molecule has 1 heterocycles. The van der Waals surface area contributed by atoms with E-state index in [1.807, 2.05) is 24.2 Å². The van der Waals surface area contributed by atoms with Gasteiger partial charge in [0, 0.05) is 27.8 Å². The molecule has 2 aliphatic rings. The average molecular weight is 241 g/mol. The standard InChI is InChI=1S/C15H15NS/c1-2-6-12(7-3-1)15-11-16-10-13-8-4-5-9-14(13)17-15/h4-6,8-11H,1-3,7H2. The van der Waals surface area contributed by atoms with Crippen LogP contribution in [0.3, 0.4) is 0 Å². The average Bonchev–Trinajstić information content (AvgIpc) is 2.62. The van der Waals surface area contributed by atoms with Gasteiger partial charge in [-0.25, -0.2) is 0 Å². The Morgan fingerprint density at radius 2 is 2.06 bits per heavy atom. The molecule has 0 aromatic heterocycles. The van der Waals surface area contributed by atoms with Gasteiger partial charge in [0.15, 0.2) is 0 Å². The van der Waals surface area contributed by atoms with Crippen molar-refractivity contribution in [2.45, 2.75) is 30.6 Å². The number of hydrogen-bond acceptors (Lipinski definition) is 2. The molecule has 0 N–H and O–H groups in total. The van der Waals surface area contributed by atoms with Crippen molar-refractivity contribution >= 4 is 18.0 Å². The Bertz CT molecular complexity index is 511. The Kier molecular flexibility index (Phi) is 3.14. The zero-order chi connectivity index (χ0) is 11.5. The van der Waals surface area contributed by atoms with Crippen LogP contribution in [0.4, 0.5) is 0 Å². The second kappa shape index (κ2) is 4.92. The van der Waals surface area contributed by atoms with Crippen LogP contribution in [0.5, 0.6) is 0 Å². The third kappa shape index (κ3) is 2.37. The summed E-state index contributed by atoms with van der Waals surface area (Å²) in [5, 5.41) is 0. The first-order valence-electron chi connectivity index (χ1n) is 6.13. The molecule has 17 heavy (non-hydrogen) atoms. The molecule has 1 aliphatic carbocycles. The first-order valence-corrected chi connectivity index (χ1v) is 6.95. The van der Waals surface area contributed by atoms with Crippen LogP contribution in [-0.2, 0) is 0 Å². The van der Waals surface area contributed by atoms with Gasteiger partial charge in [0.2, 0.25) is 0 Å². The van der Waals surface area contributed by atoms with Gasteiger partial charge in [0.1, 0.15) is 0 Å². The molecular weight excluding hydrogens is 226 g/mol. The minimum atomic E-state index is 1.20. The van der Waals surface area contributed by atoms with Crippen LogP contribution in [0, 0.1) is 0 Å². The fourth-order valence-corrected chi connectivity index (χ4v) is 3.27. The molecule has 0 fully saturated rings. The van der Waals surface area contributed by atoms with Crippen molar-refractivity contribution in [3.8, 4) is 0 Å². The topological polar surface area (TPSA) is 12.4 Å². The number of nitrogens with zero attached hydrogens (tertiary/aromatic N) is 1. The van der Waals surface area contributed by atoms with E-state index in [0.29, 0.717) is 0 Å². The summed E-state index contributed by atoms with van der Waals surface area (Å²) >= 11 is 1.85. The van der Waals surface area contributed by atoms with Crippen molar-refractivity contribution in [1.82, 2.24) is 0 Å². The van der Waals surface area contributed by atoms with E-state index < -0.39 is 0 Å². The number of allylic oxidation sites excluding steroid dienone is 2. The van der Waals surface area contributed by atoms with Crippen molar-refractivity contribution < 1.29 is 0 Å². The Balaban J connectivity index is 1.92. The number of rotatable bonds is 1. The summed E-state index contributed by atoms with van der Waals surface area (Å²) in [6.45, 7) is 0. The molecule has 3 rings (SSSR count). The quantitative estimate of drug-likeness (QED) is 0.702. The summed E-state index contributed by atoms with van der Waals surface area (Å²) in [4.78, 5) is 7.06. The second-order valence-corrected chi connectivity index (χ2v) is 5.47. The lowest BCUT2D eigenvalue weighted by molar-refractivity contribution is 0.710. The largest absolute Gasteiger partial charge is 0.263 e. The fourth-order valence-electron chi connectivity index (χ4n) is 2.22. The van der Waals surface area contributed by atoms with Gasteiger partial charge in [-0.05, 0) is 37.3 Å². The molecule has 86 valence electrons. The molecule has 0 saturated heterocycles. The van der Waals surface area contributed by atoms with Gasteiger partial charge in [0.05, 0.1) is 0 Å². The third-order valence-corrected chi connectivity index (χ3v) is 4.33. The van der Waals surface area contributed by atoms with E-state index in [2.05, 4.69) is 35.3 Å². The van der Waals surface area contributed by atoms with Crippen LogP contribution in [0.2, 0.25) is 0 Å². The molecule has 1 aliphatic heterocycles. The van der Waals surface area contributed by atoms with Gasteiger partial charge in [0.25, 0.3) is 0 Å². The fraction of sp³-hybridized carbons (Fsp3) is 0.267. The molecule has 1 aromatic rings. The summed E-state index contributed by atoms with van der Waals surface area (Å²) in [5.74, 6) is 0. The van der Waals surface area contributed by atoms with Crippen molar-refractivity contribution in [3.05, 3.63) is 52.6 Å². The molecule has 2 heteroatoms. The summed E-state index contributed by atoms with van der Waals surface area (Å²) in [6.07, 6.45) is 11.4. The summed E-state index contributed by atoms with van der Waals surface area (Å²) in [5.41, 5.74) is 2.70. The lowest BCUT2D eigenvalue weighted by Crippen LogP contribution is -1.93. The van der Waals surface area contributed by atoms with Gasteiger partial charge in [-0.15, -0.1) is 0 Å². The third-order valence-electron chi connectivity index (χ3n) is 3.15. The van der Waals surface area contributed by atoms with Crippen molar-refractivity contribution in [2.75, 3.05) is 0 Å². The summed E-state index contributed by atoms with van der Waals surface area (Å²) < 4.78 is 0. The Morgan fingerprint density at radius 1 is 1.12 bits per heavy atom. The van der Waals surface area contributed by atoms with E-state index in [1.165, 1.54) is 46.6 Å². The molecule has 0 amide bonds. The van der Waals surface area contributed by atoms with E-state index in [0.717, 1.165) is 0 Å². The van der Waals surface area contributed by atoms with Crippen LogP contribution in [0.15, 0.2) is 56.9 Å². The number of hydrogen-bond donors (Lipinski definition) is 0. The van der Waals surface area contributed by atoms with E-state index in [-0.39, 0.29) is 0 Å². The second-order valence-electron chi connectivity index (χ2n) is 4.39. The zero-order valence-electron chi connectivity index (χ0n) is 9.73. The maximum Gasteiger partial charge on any atom is 0.0410 e. The molecule has 0 spiro atoms. The van der Waals surface area contributed by atoms with Gasteiger partial charge >= 0.3 is 0 Å². The lowest BCUT2D eigenvalue weighted by Gasteiger charge is -2.15. The number of benzene rings is 1. The van der Waals surface area contributed by atoms with Crippen molar-refractivity contribution in [1.29, 1.82) is 0 Å². The highest BCUT2D eigenvalue weighted by molar-refractivity contribution is 8.03. The molecule has 0 saturated carbocycles. The van der Waals surface area contributed by atoms with E-state index in [1.54, 1.807) is 0 Å².